The number of benzene rings is 2. The SMILES string of the molecule is O=S([O-])Cc1ccc(I)cc1C(F)=C(F)c1ccc(F)c(F)c1F. The molecule has 0 saturated carbocycles. The van der Waals surface area contributed by atoms with Gasteiger partial charge >= 0.3 is 0 Å². The number of rotatable bonds is 4. The van der Waals surface area contributed by atoms with E-state index in [4.69, 9.17) is 0 Å². The Morgan fingerprint density at radius 1 is 1.00 bits per heavy atom. The average molecular weight is 473 g/mol. The van der Waals surface area contributed by atoms with Crippen molar-refractivity contribution in [3.63, 3.8) is 0 Å². The molecule has 0 radical (unpaired) electrons. The van der Waals surface area contributed by atoms with Gasteiger partial charge in [0.25, 0.3) is 0 Å². The topological polar surface area (TPSA) is 40.1 Å². The standard InChI is InChI=1S/C15H8F5IO2S/c16-11-4-3-9(13(18)15(11)20)12(17)14(19)10-5-8(21)2-1-7(10)6-24(22)23/h1-5H,6H2,(H,22,23)/p-1. The lowest BCUT2D eigenvalue weighted by Crippen LogP contribution is -2.00. The van der Waals surface area contributed by atoms with Gasteiger partial charge in [-0.25, -0.2) is 22.0 Å². The van der Waals surface area contributed by atoms with Crippen molar-refractivity contribution in [1.82, 2.24) is 0 Å². The van der Waals surface area contributed by atoms with Crippen LogP contribution < -0.4 is 0 Å². The Kier molecular flexibility index (Phi) is 6.10. The van der Waals surface area contributed by atoms with Crippen LogP contribution in [-0.4, -0.2) is 8.76 Å². The monoisotopic (exact) mass is 473 g/mol. The number of halogens is 6. The smallest absolute Gasteiger partial charge is 0.195 e. The zero-order chi connectivity index (χ0) is 18.0. The normalized spacial score (nSPS) is 13.6. The fourth-order valence-electron chi connectivity index (χ4n) is 1.94. The predicted molar refractivity (Wildman–Crippen MR) is 87.1 cm³/mol. The maximum atomic E-state index is 14.4. The molecule has 0 aliphatic rings. The molecule has 0 aliphatic heterocycles. The molecule has 24 heavy (non-hydrogen) atoms. The zero-order valence-electron chi connectivity index (χ0n) is 11.6. The molecule has 2 nitrogen and oxygen atoms in total. The molecule has 1 atom stereocenters. The first kappa shape index (κ1) is 19.0. The summed E-state index contributed by atoms with van der Waals surface area (Å²) < 4.78 is 90.5. The minimum absolute atomic E-state index is 0.0561. The van der Waals surface area contributed by atoms with Crippen LogP contribution in [0.5, 0.6) is 0 Å². The Balaban J connectivity index is 2.63. The molecule has 128 valence electrons. The van der Waals surface area contributed by atoms with Crippen LogP contribution >= 0.6 is 22.6 Å². The van der Waals surface area contributed by atoms with E-state index in [-0.39, 0.29) is 5.56 Å². The van der Waals surface area contributed by atoms with Crippen LogP contribution in [0.4, 0.5) is 22.0 Å². The van der Waals surface area contributed by atoms with Crippen LogP contribution in [0, 0.1) is 21.0 Å². The summed E-state index contributed by atoms with van der Waals surface area (Å²) in [6.07, 6.45) is 0. The molecule has 0 amide bonds. The van der Waals surface area contributed by atoms with E-state index in [1.54, 1.807) is 22.6 Å². The van der Waals surface area contributed by atoms with Crippen molar-refractivity contribution in [1.29, 1.82) is 0 Å². The second-order valence-electron chi connectivity index (χ2n) is 4.60. The minimum Gasteiger partial charge on any atom is -0.772 e. The Morgan fingerprint density at radius 2 is 1.62 bits per heavy atom. The Hall–Kier alpha value is -1.33. The zero-order valence-corrected chi connectivity index (χ0v) is 14.6. The minimum atomic E-state index is -2.57. The molecular formula is C15H7F5IO2S-. The summed E-state index contributed by atoms with van der Waals surface area (Å²) in [4.78, 5) is 0. The van der Waals surface area contributed by atoms with Gasteiger partial charge in [0, 0.05) is 14.9 Å². The first-order valence-corrected chi connectivity index (χ1v) is 8.58. The fourth-order valence-corrected chi connectivity index (χ4v) is 2.93. The molecule has 0 fully saturated rings. The molecule has 0 bridgehead atoms. The van der Waals surface area contributed by atoms with Crippen molar-refractivity contribution in [2.75, 3.05) is 0 Å². The van der Waals surface area contributed by atoms with Crippen LogP contribution in [0.3, 0.4) is 0 Å². The van der Waals surface area contributed by atoms with E-state index >= 15 is 0 Å². The van der Waals surface area contributed by atoms with Gasteiger partial charge in [0.05, 0.1) is 5.56 Å². The molecule has 0 spiro atoms. The molecule has 2 aromatic carbocycles. The third-order valence-corrected chi connectivity index (χ3v) is 4.26. The molecule has 2 aromatic rings. The summed E-state index contributed by atoms with van der Waals surface area (Å²) in [5.74, 6) is -9.26. The summed E-state index contributed by atoms with van der Waals surface area (Å²) in [6, 6.07) is 4.94. The molecule has 0 N–H and O–H groups in total. The maximum absolute atomic E-state index is 14.4. The van der Waals surface area contributed by atoms with E-state index in [1.165, 1.54) is 12.1 Å². The van der Waals surface area contributed by atoms with Crippen molar-refractivity contribution in [3.05, 3.63) is 68.0 Å². The van der Waals surface area contributed by atoms with Crippen LogP contribution in [-0.2, 0) is 16.8 Å². The molecule has 0 aromatic heterocycles. The second kappa shape index (κ2) is 7.70. The third kappa shape index (κ3) is 4.01. The molecule has 0 heterocycles. The van der Waals surface area contributed by atoms with Gasteiger partial charge in [0.1, 0.15) is 0 Å². The first-order chi connectivity index (χ1) is 11.2. The van der Waals surface area contributed by atoms with Crippen molar-refractivity contribution in [2.45, 2.75) is 5.75 Å². The van der Waals surface area contributed by atoms with E-state index in [1.807, 2.05) is 0 Å². The highest BCUT2D eigenvalue weighted by Crippen LogP contribution is 2.34. The van der Waals surface area contributed by atoms with E-state index in [0.29, 0.717) is 15.7 Å². The van der Waals surface area contributed by atoms with Crippen molar-refractivity contribution < 1.29 is 30.7 Å². The van der Waals surface area contributed by atoms with Gasteiger partial charge in [0.15, 0.2) is 29.1 Å². The van der Waals surface area contributed by atoms with Gasteiger partial charge in [-0.1, -0.05) is 17.1 Å². The lowest BCUT2D eigenvalue weighted by Gasteiger charge is -2.12. The lowest BCUT2D eigenvalue weighted by molar-refractivity contribution is 0.444. The molecule has 9 heteroatoms. The van der Waals surface area contributed by atoms with Crippen LogP contribution in [0.2, 0.25) is 0 Å². The maximum Gasteiger partial charge on any atom is 0.195 e. The molecule has 0 saturated heterocycles. The predicted octanol–water partition coefficient (Wildman–Crippen LogP) is 4.85. The van der Waals surface area contributed by atoms with Gasteiger partial charge in [-0.3, -0.25) is 4.21 Å². The van der Waals surface area contributed by atoms with E-state index in [0.717, 1.165) is 6.07 Å². The fraction of sp³-hybridized carbons (Fsp3) is 0.0667. The van der Waals surface area contributed by atoms with Gasteiger partial charge in [0.2, 0.25) is 0 Å². The van der Waals surface area contributed by atoms with Crippen molar-refractivity contribution >= 4 is 45.3 Å². The Bertz CT molecular complexity index is 854. The first-order valence-electron chi connectivity index (χ1n) is 6.26. The molecule has 0 aliphatic carbocycles. The summed E-state index contributed by atoms with van der Waals surface area (Å²) in [5, 5.41) is 0. The second-order valence-corrected chi connectivity index (χ2v) is 6.74. The molecule has 1 unspecified atom stereocenters. The largest absolute Gasteiger partial charge is 0.772 e. The third-order valence-electron chi connectivity index (χ3n) is 3.05. The van der Waals surface area contributed by atoms with Crippen LogP contribution in [0.25, 0.3) is 11.7 Å². The quantitative estimate of drug-likeness (QED) is 0.210. The summed E-state index contributed by atoms with van der Waals surface area (Å²) in [5.41, 5.74) is -1.56. The van der Waals surface area contributed by atoms with Gasteiger partial charge in [-0.2, -0.15) is 0 Å². The summed E-state index contributed by atoms with van der Waals surface area (Å²) in [6.45, 7) is 0. The van der Waals surface area contributed by atoms with Crippen LogP contribution in [0.15, 0.2) is 30.3 Å². The highest BCUT2D eigenvalue weighted by atomic mass is 127. The Labute approximate surface area is 149 Å². The van der Waals surface area contributed by atoms with E-state index in [2.05, 4.69) is 0 Å². The van der Waals surface area contributed by atoms with Crippen molar-refractivity contribution in [3.8, 4) is 0 Å². The van der Waals surface area contributed by atoms with Crippen molar-refractivity contribution in [2.24, 2.45) is 0 Å². The molecular weight excluding hydrogens is 466 g/mol. The molecule has 2 rings (SSSR count). The average Bonchev–Trinajstić information content (AvgIpc) is 2.53. The van der Waals surface area contributed by atoms with Gasteiger partial charge in [-0.05, 0) is 52.4 Å². The van der Waals surface area contributed by atoms with Gasteiger partial charge < -0.3 is 4.55 Å². The highest BCUT2D eigenvalue weighted by Gasteiger charge is 2.21. The summed E-state index contributed by atoms with van der Waals surface area (Å²) >= 11 is -0.772. The number of hydrogen-bond donors (Lipinski definition) is 0. The highest BCUT2D eigenvalue weighted by molar-refractivity contribution is 14.1. The van der Waals surface area contributed by atoms with Crippen LogP contribution in [0.1, 0.15) is 16.7 Å². The Morgan fingerprint density at radius 3 is 2.25 bits per heavy atom. The van der Waals surface area contributed by atoms with E-state index in [9.17, 15) is 30.7 Å². The van der Waals surface area contributed by atoms with E-state index < -0.39 is 57.1 Å². The van der Waals surface area contributed by atoms with Gasteiger partial charge in [-0.15, -0.1) is 0 Å². The lowest BCUT2D eigenvalue weighted by atomic mass is 10.0. The number of hydrogen-bond acceptors (Lipinski definition) is 2. The summed E-state index contributed by atoms with van der Waals surface area (Å²) in [7, 11) is 0.